The van der Waals surface area contributed by atoms with Crippen LogP contribution in [0.2, 0.25) is 0 Å². The molecule has 1 aromatic heterocycles. The van der Waals surface area contributed by atoms with Gasteiger partial charge in [-0.3, -0.25) is 4.79 Å². The van der Waals surface area contributed by atoms with Crippen LogP contribution in [0, 0.1) is 63.6 Å². The van der Waals surface area contributed by atoms with Gasteiger partial charge in [0.25, 0.3) is 0 Å². The fraction of sp³-hybridized carbons (Fsp3) is 0.812. The quantitative estimate of drug-likeness (QED) is 0.172. The van der Waals surface area contributed by atoms with Crippen LogP contribution in [0.25, 0.3) is 0 Å². The number of fused-ring (bicyclic) bond motifs is 7. The Morgan fingerprint density at radius 3 is 2.37 bits per heavy atom. The smallest absolute Gasteiger partial charge is 0.315 e. The van der Waals surface area contributed by atoms with Crippen molar-refractivity contribution in [2.75, 3.05) is 50.9 Å². The van der Waals surface area contributed by atoms with Crippen LogP contribution in [0.5, 0.6) is 5.88 Å². The van der Waals surface area contributed by atoms with Crippen LogP contribution in [-0.2, 0) is 19.4 Å². The average Bonchev–Trinajstić information content (AvgIpc) is 3.78. The molecule has 5 fully saturated rings. The lowest BCUT2D eigenvalue weighted by Crippen LogP contribution is -2.68. The molecule has 0 radical (unpaired) electrons. The monoisotopic (exact) mass is 851 g/mol. The number of hydrogen-bond donors (Lipinski definition) is 1. The molecule has 0 amide bonds. The van der Waals surface area contributed by atoms with Crippen LogP contribution < -0.4 is 10.1 Å². The lowest BCUT2D eigenvalue weighted by molar-refractivity contribution is -0.221. The summed E-state index contributed by atoms with van der Waals surface area (Å²) in [5, 5.41) is 4.23. The first-order valence-corrected chi connectivity index (χ1v) is 25.7. The number of nitrogens with zero attached hydrogens (tertiary/aromatic N) is 3. The Labute approximate surface area is 360 Å². The van der Waals surface area contributed by atoms with Crippen LogP contribution in [0.15, 0.2) is 35.5 Å². The highest BCUT2D eigenvalue weighted by atomic mass is 32.2. The number of sulfone groups is 1. The Hall–Kier alpha value is -2.08. The third kappa shape index (κ3) is 7.14. The third-order valence-electron chi connectivity index (χ3n) is 18.7. The van der Waals surface area contributed by atoms with Crippen molar-refractivity contribution in [3.63, 3.8) is 0 Å². The summed E-state index contributed by atoms with van der Waals surface area (Å²) in [7, 11) is -2.87. The molecule has 59 heavy (non-hydrogen) atoms. The lowest BCUT2D eigenvalue weighted by Gasteiger charge is -2.72. The minimum Gasteiger partial charge on any atom is -0.475 e. The SMILES string of the molecule is C=C(C)[C@@H]1CC[C@]2(NCCN3CCS(=O)(=O)CC3)CC[C@]3(C)[C@H](CC[C@@H]4[C@@]5(C)CC=C(C6=CCC(COc7nsnc7C)(C(=O)OCC)CC6)C(C)(C)[C@@H]5CC[C@]43C)[C@@H]12. The first kappa shape index (κ1) is 43.6. The second-order valence-electron chi connectivity index (χ2n) is 21.7. The average molecular weight is 851 g/mol. The Balaban J connectivity index is 1.01. The van der Waals surface area contributed by atoms with Crippen LogP contribution in [0.1, 0.15) is 131 Å². The molecule has 11 heteroatoms. The molecule has 9 nitrogen and oxygen atoms in total. The van der Waals surface area contributed by atoms with E-state index in [1.807, 2.05) is 13.8 Å². The maximum Gasteiger partial charge on any atom is 0.315 e. The predicted octanol–water partition coefficient (Wildman–Crippen LogP) is 9.15. The molecular weight excluding hydrogens is 777 g/mol. The Bertz CT molecular complexity index is 1960. The highest BCUT2D eigenvalue weighted by molar-refractivity contribution is 7.91. The molecule has 1 N–H and O–H groups in total. The molecule has 0 bridgehead atoms. The van der Waals surface area contributed by atoms with Crippen molar-refractivity contribution in [3.8, 4) is 5.88 Å². The second kappa shape index (κ2) is 15.6. The molecule has 4 saturated carbocycles. The van der Waals surface area contributed by atoms with E-state index in [0.29, 0.717) is 79.5 Å². The molecule has 0 spiro atoms. The summed E-state index contributed by atoms with van der Waals surface area (Å²) < 4.78 is 44.6. The van der Waals surface area contributed by atoms with Gasteiger partial charge >= 0.3 is 5.97 Å². The number of allylic oxidation sites excluding steroid dienone is 5. The van der Waals surface area contributed by atoms with E-state index in [4.69, 9.17) is 9.47 Å². The van der Waals surface area contributed by atoms with Gasteiger partial charge in [0.15, 0.2) is 9.84 Å². The summed E-state index contributed by atoms with van der Waals surface area (Å²) in [6, 6.07) is 0. The van der Waals surface area contributed by atoms with E-state index >= 15 is 0 Å². The Morgan fingerprint density at radius 1 is 0.949 bits per heavy atom. The zero-order chi connectivity index (χ0) is 42.2. The molecule has 1 saturated heterocycles. The molecule has 1 unspecified atom stereocenters. The molecule has 8 rings (SSSR count). The van der Waals surface area contributed by atoms with E-state index in [9.17, 15) is 13.2 Å². The molecule has 1 aliphatic heterocycles. The van der Waals surface area contributed by atoms with Gasteiger partial charge in [-0.05, 0) is 160 Å². The number of aromatic nitrogens is 2. The predicted molar refractivity (Wildman–Crippen MR) is 237 cm³/mol. The number of carbonyl (C=O) groups is 1. The summed E-state index contributed by atoms with van der Waals surface area (Å²) in [6.07, 6.45) is 18.4. The maximum atomic E-state index is 13.5. The van der Waals surface area contributed by atoms with Crippen molar-refractivity contribution in [3.05, 3.63) is 41.1 Å². The zero-order valence-electron chi connectivity index (χ0n) is 37.6. The minimum atomic E-state index is -2.87. The molecule has 7 aliphatic rings. The fourth-order valence-corrected chi connectivity index (χ4v) is 17.2. The van der Waals surface area contributed by atoms with Crippen molar-refractivity contribution in [2.45, 2.75) is 138 Å². The van der Waals surface area contributed by atoms with Gasteiger partial charge in [-0.15, -0.1) is 4.37 Å². The lowest BCUT2D eigenvalue weighted by atomic mass is 9.33. The van der Waals surface area contributed by atoms with Gasteiger partial charge in [-0.25, -0.2) is 8.42 Å². The summed E-state index contributed by atoms with van der Waals surface area (Å²) in [5.41, 5.74) is 5.27. The highest BCUT2D eigenvalue weighted by Crippen LogP contribution is 2.76. The number of rotatable bonds is 11. The van der Waals surface area contributed by atoms with Crippen molar-refractivity contribution in [1.29, 1.82) is 0 Å². The number of ether oxygens (including phenoxy) is 2. The maximum absolute atomic E-state index is 13.5. The van der Waals surface area contributed by atoms with Gasteiger partial charge in [0.2, 0.25) is 5.88 Å². The summed E-state index contributed by atoms with van der Waals surface area (Å²) in [5.74, 6) is 4.04. The van der Waals surface area contributed by atoms with Gasteiger partial charge < -0.3 is 19.7 Å². The third-order valence-corrected chi connectivity index (χ3v) is 21.0. The first-order valence-electron chi connectivity index (χ1n) is 23.2. The number of hydrogen-bond acceptors (Lipinski definition) is 10. The van der Waals surface area contributed by atoms with Crippen molar-refractivity contribution in [2.24, 2.45) is 56.7 Å². The summed E-state index contributed by atoms with van der Waals surface area (Å²) in [4.78, 5) is 15.9. The Morgan fingerprint density at radius 2 is 1.71 bits per heavy atom. The van der Waals surface area contributed by atoms with Crippen LogP contribution in [0.4, 0.5) is 0 Å². The second-order valence-corrected chi connectivity index (χ2v) is 24.5. The summed E-state index contributed by atoms with van der Waals surface area (Å²) >= 11 is 1.14. The topological polar surface area (TPSA) is 111 Å². The molecule has 6 aliphatic carbocycles. The normalized spacial score (nSPS) is 41.3. The standard InChI is InChI=1S/C48H74N4O5S2/c1-10-56-42(53)47(31-57-41-33(4)50-58-51-41)20-13-34(14-21-47)36-16-18-44(7)38(43(36,5)6)17-19-46(9)39(44)12-11-37-40-35(32(2)3)15-22-48(40,24-23-45(37,46)8)49-25-26-52-27-29-59(54,55)30-28-52/h13,16,35,37-40,49H,2,10-12,14-15,17-31H2,1,3-9H3/t35-,37+,38-,39+,40+,44-,45+,46+,47?,48-/m0/s1. The van der Waals surface area contributed by atoms with E-state index in [1.165, 1.54) is 68.1 Å². The fourth-order valence-electron chi connectivity index (χ4n) is 15.4. The first-order chi connectivity index (χ1) is 27.8. The van der Waals surface area contributed by atoms with E-state index in [-0.39, 0.29) is 39.8 Å². The zero-order valence-corrected chi connectivity index (χ0v) is 39.2. The summed E-state index contributed by atoms with van der Waals surface area (Å²) in [6.45, 7) is 27.7. The molecule has 1 aromatic rings. The van der Waals surface area contributed by atoms with Crippen molar-refractivity contribution in [1.82, 2.24) is 19.0 Å². The molecule has 10 atom stereocenters. The van der Waals surface area contributed by atoms with Crippen molar-refractivity contribution < 1.29 is 22.7 Å². The Kier molecular flexibility index (Phi) is 11.5. The van der Waals surface area contributed by atoms with E-state index in [1.54, 1.807) is 0 Å². The van der Waals surface area contributed by atoms with Crippen molar-refractivity contribution >= 4 is 27.5 Å². The molecule has 0 aromatic carbocycles. The van der Waals surface area contributed by atoms with E-state index < -0.39 is 15.3 Å². The number of carbonyl (C=O) groups excluding carboxylic acids is 1. The van der Waals surface area contributed by atoms with Crippen LogP contribution in [0.3, 0.4) is 0 Å². The van der Waals surface area contributed by atoms with Gasteiger partial charge in [0, 0.05) is 31.7 Å². The van der Waals surface area contributed by atoms with Crippen LogP contribution in [-0.4, -0.2) is 84.5 Å². The molecule has 328 valence electrons. The number of nitrogens with one attached hydrogen (secondary N) is 1. The molecular formula is C48H74N4O5S2. The van der Waals surface area contributed by atoms with E-state index in [2.05, 4.69) is 79.2 Å². The highest BCUT2D eigenvalue weighted by Gasteiger charge is 2.70. The van der Waals surface area contributed by atoms with Gasteiger partial charge in [0.05, 0.1) is 29.8 Å². The van der Waals surface area contributed by atoms with Gasteiger partial charge in [-0.1, -0.05) is 58.9 Å². The number of aryl methyl sites for hydroxylation is 1. The van der Waals surface area contributed by atoms with Gasteiger partial charge in [-0.2, -0.15) is 4.37 Å². The molecule has 2 heterocycles. The largest absolute Gasteiger partial charge is 0.475 e. The van der Waals surface area contributed by atoms with Gasteiger partial charge in [0.1, 0.15) is 17.7 Å². The van der Waals surface area contributed by atoms with E-state index in [0.717, 1.165) is 43.4 Å². The number of esters is 1. The van der Waals surface area contributed by atoms with Crippen LogP contribution >= 0.6 is 11.7 Å². The minimum absolute atomic E-state index is 0.0302.